The molecule has 0 N–H and O–H groups in total. The first kappa shape index (κ1) is 21.8. The van der Waals surface area contributed by atoms with Crippen molar-refractivity contribution in [2.75, 3.05) is 26.2 Å². The van der Waals surface area contributed by atoms with E-state index in [1.807, 2.05) is 6.08 Å². The van der Waals surface area contributed by atoms with Gasteiger partial charge in [0, 0.05) is 32.7 Å². The van der Waals surface area contributed by atoms with Crippen LogP contribution in [-0.4, -0.2) is 47.1 Å². The molecule has 1 saturated heterocycles. The molecule has 4 nitrogen and oxygen atoms in total. The van der Waals surface area contributed by atoms with E-state index in [1.165, 1.54) is 42.2 Å². The molecule has 2 aromatic rings. The largest absolute Gasteiger partial charge is 0.348 e. The molecule has 0 unspecified atom stereocenters. The second-order valence-corrected chi connectivity index (χ2v) is 9.27. The number of carbonyl (C=O) groups is 1. The third kappa shape index (κ3) is 6.08. The molecular formula is C26H31N3OS. The van der Waals surface area contributed by atoms with Crippen LogP contribution in [0.4, 0.5) is 0 Å². The number of carbonyl (C=O) groups excluding carboxylic acids is 1. The van der Waals surface area contributed by atoms with E-state index in [0.29, 0.717) is 0 Å². The van der Waals surface area contributed by atoms with E-state index in [1.54, 1.807) is 0 Å². The van der Waals surface area contributed by atoms with Crippen molar-refractivity contribution in [2.45, 2.75) is 39.2 Å². The molecule has 2 aliphatic heterocycles. The second kappa shape index (κ2) is 10.8. The standard InChI is InChI=1S/C26H31N3OS/c1-2-3-5-8-21-11-13-22(14-12-21)19-24-25(30)27-26(31-24)29-17-15-28(16-18-29)20-23-9-6-4-7-10-23/h4,6-7,9-14,19H,2-3,5,8,15-18,20H2,1H3/b24-19-. The highest BCUT2D eigenvalue weighted by molar-refractivity contribution is 8.18. The molecule has 2 heterocycles. The van der Waals surface area contributed by atoms with Crippen molar-refractivity contribution >= 4 is 28.9 Å². The molecule has 4 rings (SSSR count). The van der Waals surface area contributed by atoms with Gasteiger partial charge in [-0.2, -0.15) is 4.99 Å². The van der Waals surface area contributed by atoms with Crippen LogP contribution in [-0.2, 0) is 17.8 Å². The van der Waals surface area contributed by atoms with Gasteiger partial charge in [-0.05, 0) is 47.4 Å². The van der Waals surface area contributed by atoms with E-state index in [9.17, 15) is 4.79 Å². The Kier molecular flexibility index (Phi) is 7.60. The van der Waals surface area contributed by atoms with Gasteiger partial charge in [-0.1, -0.05) is 74.4 Å². The SMILES string of the molecule is CCCCCc1ccc(/C=C2\SC(N3CCN(Cc4ccccc4)CC3)=NC2=O)cc1. The quantitative estimate of drug-likeness (QED) is 0.444. The first-order valence-electron chi connectivity index (χ1n) is 11.3. The first-order chi connectivity index (χ1) is 15.2. The first-order valence-corrected chi connectivity index (χ1v) is 12.2. The fourth-order valence-electron chi connectivity index (χ4n) is 3.98. The van der Waals surface area contributed by atoms with Crippen molar-refractivity contribution in [3.05, 3.63) is 76.2 Å². The van der Waals surface area contributed by atoms with Crippen LogP contribution in [0.3, 0.4) is 0 Å². The lowest BCUT2D eigenvalue weighted by molar-refractivity contribution is -0.113. The van der Waals surface area contributed by atoms with Crippen LogP contribution in [0.5, 0.6) is 0 Å². The number of rotatable bonds is 7. The molecule has 0 bridgehead atoms. The van der Waals surface area contributed by atoms with Crippen LogP contribution in [0.15, 0.2) is 64.5 Å². The number of amides is 1. The monoisotopic (exact) mass is 433 g/mol. The number of hydrogen-bond acceptors (Lipinski definition) is 4. The molecule has 2 aromatic carbocycles. The third-order valence-corrected chi connectivity index (χ3v) is 6.89. The number of unbranched alkanes of at least 4 members (excludes halogenated alkanes) is 2. The number of piperazine rings is 1. The Morgan fingerprint density at radius 2 is 1.68 bits per heavy atom. The molecule has 1 amide bonds. The predicted octanol–water partition coefficient (Wildman–Crippen LogP) is 5.21. The Hall–Kier alpha value is -2.37. The fraction of sp³-hybridized carbons (Fsp3) is 0.385. The van der Waals surface area contributed by atoms with Crippen LogP contribution >= 0.6 is 11.8 Å². The summed E-state index contributed by atoms with van der Waals surface area (Å²) in [5.74, 6) is -0.112. The number of aliphatic imine (C=N–C) groups is 1. The van der Waals surface area contributed by atoms with Gasteiger partial charge >= 0.3 is 0 Å². The summed E-state index contributed by atoms with van der Waals surface area (Å²) in [5.41, 5.74) is 3.78. The molecule has 31 heavy (non-hydrogen) atoms. The van der Waals surface area contributed by atoms with Gasteiger partial charge in [0.25, 0.3) is 5.91 Å². The van der Waals surface area contributed by atoms with Gasteiger partial charge in [-0.15, -0.1) is 0 Å². The highest BCUT2D eigenvalue weighted by Crippen LogP contribution is 2.31. The number of benzene rings is 2. The molecule has 0 aromatic heterocycles. The maximum Gasteiger partial charge on any atom is 0.286 e. The summed E-state index contributed by atoms with van der Waals surface area (Å²) in [7, 11) is 0. The van der Waals surface area contributed by atoms with E-state index in [4.69, 9.17) is 0 Å². The summed E-state index contributed by atoms with van der Waals surface area (Å²) in [4.78, 5) is 22.3. The van der Waals surface area contributed by atoms with Gasteiger partial charge in [-0.25, -0.2) is 0 Å². The predicted molar refractivity (Wildman–Crippen MR) is 131 cm³/mol. The van der Waals surface area contributed by atoms with Crippen LogP contribution in [0.1, 0.15) is 42.9 Å². The lowest BCUT2D eigenvalue weighted by atomic mass is 10.1. The zero-order valence-corrected chi connectivity index (χ0v) is 19.1. The van der Waals surface area contributed by atoms with E-state index >= 15 is 0 Å². The minimum absolute atomic E-state index is 0.112. The summed E-state index contributed by atoms with van der Waals surface area (Å²) < 4.78 is 0. The summed E-state index contributed by atoms with van der Waals surface area (Å²) >= 11 is 1.52. The van der Waals surface area contributed by atoms with E-state index in [-0.39, 0.29) is 5.91 Å². The minimum Gasteiger partial charge on any atom is -0.348 e. The average Bonchev–Trinajstić information content (AvgIpc) is 3.16. The molecule has 0 spiro atoms. The zero-order chi connectivity index (χ0) is 21.5. The van der Waals surface area contributed by atoms with Gasteiger partial charge in [0.2, 0.25) is 0 Å². The smallest absolute Gasteiger partial charge is 0.286 e. The van der Waals surface area contributed by atoms with Crippen molar-refractivity contribution in [3.8, 4) is 0 Å². The second-order valence-electron chi connectivity index (χ2n) is 8.26. The Balaban J connectivity index is 1.29. The van der Waals surface area contributed by atoms with Gasteiger partial charge in [0.1, 0.15) is 0 Å². The van der Waals surface area contributed by atoms with Crippen LogP contribution in [0, 0.1) is 0 Å². The Morgan fingerprint density at radius 1 is 0.935 bits per heavy atom. The van der Waals surface area contributed by atoms with Crippen molar-refractivity contribution in [1.29, 1.82) is 0 Å². The Morgan fingerprint density at radius 3 is 2.39 bits per heavy atom. The van der Waals surface area contributed by atoms with Crippen molar-refractivity contribution in [2.24, 2.45) is 4.99 Å². The van der Waals surface area contributed by atoms with E-state index < -0.39 is 0 Å². The Labute approximate surface area is 190 Å². The van der Waals surface area contributed by atoms with Crippen LogP contribution in [0.2, 0.25) is 0 Å². The number of thioether (sulfide) groups is 1. The molecule has 5 heteroatoms. The molecule has 0 radical (unpaired) electrons. The van der Waals surface area contributed by atoms with Crippen molar-refractivity contribution < 1.29 is 4.79 Å². The van der Waals surface area contributed by atoms with Crippen LogP contribution in [0.25, 0.3) is 6.08 Å². The molecule has 162 valence electrons. The molecular weight excluding hydrogens is 402 g/mol. The number of nitrogens with zero attached hydrogens (tertiary/aromatic N) is 3. The minimum atomic E-state index is -0.112. The third-order valence-electron chi connectivity index (χ3n) is 5.85. The topological polar surface area (TPSA) is 35.9 Å². The molecule has 0 atom stereocenters. The van der Waals surface area contributed by atoms with Gasteiger partial charge in [-0.3, -0.25) is 9.69 Å². The highest BCUT2D eigenvalue weighted by atomic mass is 32.2. The fourth-order valence-corrected chi connectivity index (χ4v) is 4.95. The molecule has 2 aliphatic rings. The van der Waals surface area contributed by atoms with Crippen molar-refractivity contribution in [3.63, 3.8) is 0 Å². The summed E-state index contributed by atoms with van der Waals surface area (Å²) in [6, 6.07) is 19.2. The van der Waals surface area contributed by atoms with E-state index in [2.05, 4.69) is 76.3 Å². The van der Waals surface area contributed by atoms with Crippen molar-refractivity contribution in [1.82, 2.24) is 9.80 Å². The number of amidine groups is 1. The maximum atomic E-state index is 12.5. The maximum absolute atomic E-state index is 12.5. The van der Waals surface area contributed by atoms with Crippen LogP contribution < -0.4 is 0 Å². The lowest BCUT2D eigenvalue weighted by Crippen LogP contribution is -2.47. The number of aryl methyl sites for hydroxylation is 1. The summed E-state index contributed by atoms with van der Waals surface area (Å²) in [6.45, 7) is 7.00. The molecule has 0 aliphatic carbocycles. The van der Waals surface area contributed by atoms with Gasteiger partial charge < -0.3 is 4.90 Å². The molecule has 0 saturated carbocycles. The lowest BCUT2D eigenvalue weighted by Gasteiger charge is -2.35. The summed E-state index contributed by atoms with van der Waals surface area (Å²) in [5, 5.41) is 0.854. The summed E-state index contributed by atoms with van der Waals surface area (Å²) in [6.07, 6.45) is 6.86. The highest BCUT2D eigenvalue weighted by Gasteiger charge is 2.28. The molecule has 1 fully saturated rings. The average molecular weight is 434 g/mol. The van der Waals surface area contributed by atoms with E-state index in [0.717, 1.165) is 54.8 Å². The number of hydrogen-bond donors (Lipinski definition) is 0. The Bertz CT molecular complexity index is 929. The normalized spacial score (nSPS) is 18.6. The van der Waals surface area contributed by atoms with Gasteiger partial charge in [0.05, 0.1) is 4.91 Å². The zero-order valence-electron chi connectivity index (χ0n) is 18.3. The van der Waals surface area contributed by atoms with Gasteiger partial charge in [0.15, 0.2) is 5.17 Å².